The minimum atomic E-state index is 0.540. The summed E-state index contributed by atoms with van der Waals surface area (Å²) < 4.78 is 0. The molecule has 0 bridgehead atoms. The van der Waals surface area contributed by atoms with E-state index in [2.05, 4.69) is 86.2 Å². The number of H-pyrrole nitrogens is 2. The van der Waals surface area contributed by atoms with Crippen molar-refractivity contribution in [2.75, 3.05) is 5.32 Å². The first kappa shape index (κ1) is 22.7. The predicted molar refractivity (Wildman–Crippen MR) is 150 cm³/mol. The summed E-state index contributed by atoms with van der Waals surface area (Å²) >= 11 is 0. The van der Waals surface area contributed by atoms with Gasteiger partial charge < -0.3 is 10.3 Å². The molecule has 5 heterocycles. The molecule has 0 radical (unpaired) electrons. The molecule has 7 nitrogen and oxygen atoms in total. The number of fused-ring (bicyclic) bond motifs is 2. The Balaban J connectivity index is 1.38. The molecule has 37 heavy (non-hydrogen) atoms. The number of pyridine rings is 3. The minimum absolute atomic E-state index is 0.540. The van der Waals surface area contributed by atoms with Crippen LogP contribution in [0, 0.1) is 5.92 Å². The van der Waals surface area contributed by atoms with E-state index in [1.807, 2.05) is 36.7 Å². The van der Waals surface area contributed by atoms with Gasteiger partial charge in [-0.05, 0) is 60.4 Å². The van der Waals surface area contributed by atoms with Gasteiger partial charge in [0.1, 0.15) is 5.69 Å². The lowest BCUT2D eigenvalue weighted by Gasteiger charge is -2.12. The van der Waals surface area contributed by atoms with Crippen LogP contribution in [0.4, 0.5) is 5.69 Å². The zero-order valence-electron chi connectivity index (χ0n) is 20.8. The van der Waals surface area contributed by atoms with Crippen LogP contribution in [-0.4, -0.2) is 30.1 Å². The molecule has 7 heteroatoms. The highest BCUT2D eigenvalue weighted by molar-refractivity contribution is 6.00. The first-order valence-electron chi connectivity index (χ1n) is 12.3. The summed E-state index contributed by atoms with van der Waals surface area (Å²) in [6, 6.07) is 18.3. The van der Waals surface area contributed by atoms with Gasteiger partial charge in [-0.15, -0.1) is 0 Å². The van der Waals surface area contributed by atoms with Crippen LogP contribution in [0.2, 0.25) is 0 Å². The van der Waals surface area contributed by atoms with Gasteiger partial charge in [0.25, 0.3) is 0 Å². The van der Waals surface area contributed by atoms with Crippen LogP contribution < -0.4 is 5.32 Å². The Kier molecular flexibility index (Phi) is 5.73. The number of allylic oxidation sites excluding steroid dienone is 1. The maximum atomic E-state index is 4.65. The van der Waals surface area contributed by atoms with Crippen molar-refractivity contribution in [3.63, 3.8) is 0 Å². The highest BCUT2D eigenvalue weighted by atomic mass is 15.1. The lowest BCUT2D eigenvalue weighted by Crippen LogP contribution is -2.02. The fourth-order valence-electron chi connectivity index (χ4n) is 4.70. The van der Waals surface area contributed by atoms with Crippen molar-refractivity contribution < 1.29 is 0 Å². The highest BCUT2D eigenvalue weighted by Crippen LogP contribution is 2.34. The number of hydrogen-bond donors (Lipinski definition) is 3. The van der Waals surface area contributed by atoms with E-state index < -0.39 is 0 Å². The van der Waals surface area contributed by atoms with E-state index in [0.717, 1.165) is 73.5 Å². The largest absolute Gasteiger partial charge is 0.358 e. The summed E-state index contributed by atoms with van der Waals surface area (Å²) in [6.45, 7) is 8.52. The molecule has 0 fully saturated rings. The Bertz CT molecular complexity index is 1730. The predicted octanol–water partition coefficient (Wildman–Crippen LogP) is 7.20. The molecule has 6 aromatic rings. The second-order valence-electron chi connectivity index (χ2n) is 9.64. The van der Waals surface area contributed by atoms with Crippen LogP contribution in [0.15, 0.2) is 91.7 Å². The molecule has 6 rings (SSSR count). The van der Waals surface area contributed by atoms with Crippen LogP contribution >= 0.6 is 0 Å². The Labute approximate surface area is 214 Å². The van der Waals surface area contributed by atoms with Gasteiger partial charge >= 0.3 is 0 Å². The normalized spacial score (nSPS) is 11.4. The summed E-state index contributed by atoms with van der Waals surface area (Å²) in [7, 11) is 0. The van der Waals surface area contributed by atoms with Gasteiger partial charge in [-0.2, -0.15) is 5.10 Å². The molecule has 0 saturated carbocycles. The Morgan fingerprint density at radius 1 is 0.892 bits per heavy atom. The molecule has 5 aromatic heterocycles. The summed E-state index contributed by atoms with van der Waals surface area (Å²) in [5.41, 5.74) is 9.41. The first-order chi connectivity index (χ1) is 18.0. The number of aromatic amines is 2. The topological polar surface area (TPSA) is 95.2 Å². The second kappa shape index (κ2) is 9.35. The number of rotatable bonds is 7. The minimum Gasteiger partial charge on any atom is -0.358 e. The van der Waals surface area contributed by atoms with Gasteiger partial charge in [-0.1, -0.05) is 32.6 Å². The van der Waals surface area contributed by atoms with Crippen LogP contribution in [0.25, 0.3) is 55.7 Å². The maximum absolute atomic E-state index is 4.65. The third-order valence-corrected chi connectivity index (χ3v) is 6.32. The van der Waals surface area contributed by atoms with E-state index in [9.17, 15) is 0 Å². The van der Waals surface area contributed by atoms with E-state index >= 15 is 0 Å². The van der Waals surface area contributed by atoms with Crippen LogP contribution in [0.3, 0.4) is 0 Å². The number of aromatic nitrogens is 6. The van der Waals surface area contributed by atoms with E-state index in [0.29, 0.717) is 5.92 Å². The number of nitrogens with zero attached hydrogens (tertiary/aromatic N) is 4. The zero-order valence-corrected chi connectivity index (χ0v) is 20.8. The molecule has 0 aliphatic rings. The zero-order chi connectivity index (χ0) is 25.4. The molecule has 0 aliphatic heterocycles. The standard InChI is InChI=1S/C30H27N7/c1-18(2)12-19(3)34-22-13-21(16-31-17-22)20-7-8-26-23(14-20)30(37-36-26)28-15-24-25(35-28)9-11-33-29(24)27-6-4-5-10-32-27/h4-11,13-18,34-35H,3,12H2,1-2H3,(H,36,37). The quantitative estimate of drug-likeness (QED) is 0.222. The first-order valence-corrected chi connectivity index (χ1v) is 12.3. The third-order valence-electron chi connectivity index (χ3n) is 6.32. The van der Waals surface area contributed by atoms with Crippen LogP contribution in [0.1, 0.15) is 20.3 Å². The molecule has 3 N–H and O–H groups in total. The number of benzene rings is 1. The monoisotopic (exact) mass is 485 g/mol. The molecule has 0 saturated heterocycles. The number of anilines is 1. The van der Waals surface area contributed by atoms with Gasteiger partial charge in [0, 0.05) is 46.1 Å². The highest BCUT2D eigenvalue weighted by Gasteiger charge is 2.15. The summed E-state index contributed by atoms with van der Waals surface area (Å²) in [6.07, 6.45) is 8.21. The van der Waals surface area contributed by atoms with Crippen LogP contribution in [0.5, 0.6) is 0 Å². The molecule has 0 spiro atoms. The lowest BCUT2D eigenvalue weighted by molar-refractivity contribution is 0.645. The molecular formula is C30H27N7. The third kappa shape index (κ3) is 4.47. The van der Waals surface area contributed by atoms with E-state index in [1.165, 1.54) is 0 Å². The van der Waals surface area contributed by atoms with Crippen molar-refractivity contribution in [3.05, 3.63) is 91.7 Å². The van der Waals surface area contributed by atoms with Gasteiger partial charge in [0.15, 0.2) is 0 Å². The number of hydrogen-bond acceptors (Lipinski definition) is 5. The fraction of sp³-hybridized carbons (Fsp3) is 0.133. The van der Waals surface area contributed by atoms with Crippen molar-refractivity contribution in [3.8, 4) is 33.9 Å². The second-order valence-corrected chi connectivity index (χ2v) is 9.64. The molecule has 0 atom stereocenters. The molecule has 182 valence electrons. The van der Waals surface area contributed by atoms with Crippen molar-refractivity contribution in [1.82, 2.24) is 30.1 Å². The SMILES string of the molecule is C=C(CC(C)C)Nc1cncc(-c2ccc3[nH]nc(-c4cc5c(-c6ccccn6)nccc5[nH]4)c3c2)c1. The summed E-state index contributed by atoms with van der Waals surface area (Å²) in [5.74, 6) is 0.540. The molecular weight excluding hydrogens is 458 g/mol. The smallest absolute Gasteiger partial charge is 0.116 e. The Morgan fingerprint density at radius 2 is 1.78 bits per heavy atom. The summed E-state index contributed by atoms with van der Waals surface area (Å²) in [4.78, 5) is 17.1. The maximum Gasteiger partial charge on any atom is 0.116 e. The van der Waals surface area contributed by atoms with Gasteiger partial charge in [0.2, 0.25) is 0 Å². The Hall–Kier alpha value is -4.78. The van der Waals surface area contributed by atoms with E-state index in [1.54, 1.807) is 12.4 Å². The van der Waals surface area contributed by atoms with Crippen molar-refractivity contribution in [2.24, 2.45) is 5.92 Å². The fourth-order valence-corrected chi connectivity index (χ4v) is 4.70. The Morgan fingerprint density at radius 3 is 2.62 bits per heavy atom. The lowest BCUT2D eigenvalue weighted by atomic mass is 10.0. The van der Waals surface area contributed by atoms with Crippen molar-refractivity contribution >= 4 is 27.5 Å². The van der Waals surface area contributed by atoms with Gasteiger partial charge in [-0.3, -0.25) is 20.1 Å². The average Bonchev–Trinajstić information content (AvgIpc) is 3.52. The van der Waals surface area contributed by atoms with Crippen LogP contribution in [-0.2, 0) is 0 Å². The van der Waals surface area contributed by atoms with Gasteiger partial charge in [0.05, 0.1) is 34.5 Å². The van der Waals surface area contributed by atoms with Crippen molar-refractivity contribution in [1.29, 1.82) is 0 Å². The molecule has 0 unspecified atom stereocenters. The number of nitrogens with one attached hydrogen (secondary N) is 3. The molecule has 0 amide bonds. The van der Waals surface area contributed by atoms with Gasteiger partial charge in [-0.25, -0.2) is 0 Å². The molecule has 1 aromatic carbocycles. The van der Waals surface area contributed by atoms with E-state index in [4.69, 9.17) is 0 Å². The van der Waals surface area contributed by atoms with Crippen molar-refractivity contribution in [2.45, 2.75) is 20.3 Å². The molecule has 0 aliphatic carbocycles. The summed E-state index contributed by atoms with van der Waals surface area (Å²) in [5, 5.41) is 13.3. The average molecular weight is 486 g/mol. The van der Waals surface area contributed by atoms with E-state index in [-0.39, 0.29) is 0 Å².